The maximum atomic E-state index is 12.3. The highest BCUT2D eigenvalue weighted by molar-refractivity contribution is 5.87. The highest BCUT2D eigenvalue weighted by Crippen LogP contribution is 2.16. The molecule has 0 aromatic carbocycles. The molecule has 1 atom stereocenters. The maximum Gasteiger partial charge on any atom is 0.333 e. The van der Waals surface area contributed by atoms with Crippen molar-refractivity contribution in [2.75, 3.05) is 26.3 Å². The van der Waals surface area contributed by atoms with Gasteiger partial charge >= 0.3 is 17.9 Å². The number of carboxylic acid groups (broad SMARTS) is 1. The van der Waals surface area contributed by atoms with Crippen molar-refractivity contribution < 1.29 is 29.0 Å². The molecular weight excluding hydrogens is 482 g/mol. The van der Waals surface area contributed by atoms with Gasteiger partial charge in [0.15, 0.2) is 0 Å². The highest BCUT2D eigenvalue weighted by atomic mass is 35.5. The molecule has 8 heteroatoms. The largest absolute Gasteiger partial charge is 0.481 e. The van der Waals surface area contributed by atoms with E-state index in [1.54, 1.807) is 0 Å². The number of allylic oxidation sites excluding steroid dienone is 2. The number of halogens is 1. The lowest BCUT2D eigenvalue weighted by Gasteiger charge is -2.28. The molecule has 1 unspecified atom stereocenters. The van der Waals surface area contributed by atoms with Gasteiger partial charge in [-0.2, -0.15) is 0 Å². The van der Waals surface area contributed by atoms with Crippen LogP contribution in [0.1, 0.15) is 90.9 Å². The summed E-state index contributed by atoms with van der Waals surface area (Å²) in [6, 6.07) is 0. The Labute approximate surface area is 223 Å². The third-order valence-corrected chi connectivity index (χ3v) is 6.13. The molecule has 0 aromatic rings. The van der Waals surface area contributed by atoms with E-state index in [1.165, 1.54) is 64.7 Å². The fourth-order valence-corrected chi connectivity index (χ4v) is 3.90. The van der Waals surface area contributed by atoms with E-state index in [1.807, 2.05) is 12.2 Å². The number of carbonyl (C=O) groups excluding carboxylic acids is 2. The first-order valence-corrected chi connectivity index (χ1v) is 13.2. The van der Waals surface area contributed by atoms with Crippen molar-refractivity contribution in [1.29, 1.82) is 0 Å². The summed E-state index contributed by atoms with van der Waals surface area (Å²) in [6.07, 6.45) is 18.6. The quantitative estimate of drug-likeness (QED) is 0.114. The van der Waals surface area contributed by atoms with Gasteiger partial charge < -0.3 is 19.5 Å². The Bertz CT molecular complexity index is 734. The topological polar surface area (TPSA) is 93.1 Å². The average Bonchev–Trinajstić information content (AvgIpc) is 2.83. The van der Waals surface area contributed by atoms with Gasteiger partial charge in [0.1, 0.15) is 6.61 Å². The minimum atomic E-state index is -1.12. The van der Waals surface area contributed by atoms with Crippen molar-refractivity contribution in [3.8, 4) is 0 Å². The molecule has 206 valence electrons. The first kappa shape index (κ1) is 33.7. The maximum absolute atomic E-state index is 12.3. The molecule has 0 saturated heterocycles. The minimum Gasteiger partial charge on any atom is -0.481 e. The second kappa shape index (κ2) is 20.9. The van der Waals surface area contributed by atoms with E-state index in [0.717, 1.165) is 25.2 Å². The highest BCUT2D eigenvalue weighted by Gasteiger charge is 2.23. The molecule has 0 spiro atoms. The van der Waals surface area contributed by atoms with Crippen LogP contribution in [0.5, 0.6) is 0 Å². The SMILES string of the molecule is C=C(C)C(=O)OCCC(CC(=O)OCC1=CC=CCN1CCCCCCCCCCCC)C(=O)O.Cl. The molecule has 0 radical (unpaired) electrons. The predicted octanol–water partition coefficient (Wildman–Crippen LogP) is 6.23. The van der Waals surface area contributed by atoms with E-state index >= 15 is 0 Å². The molecule has 0 aliphatic carbocycles. The van der Waals surface area contributed by atoms with Crippen LogP contribution in [-0.2, 0) is 23.9 Å². The van der Waals surface area contributed by atoms with Crippen molar-refractivity contribution in [2.24, 2.45) is 5.92 Å². The van der Waals surface area contributed by atoms with Gasteiger partial charge in [0.05, 0.1) is 24.6 Å². The summed E-state index contributed by atoms with van der Waals surface area (Å²) in [6.45, 7) is 8.97. The third kappa shape index (κ3) is 15.7. The molecule has 1 heterocycles. The lowest BCUT2D eigenvalue weighted by Crippen LogP contribution is -2.30. The van der Waals surface area contributed by atoms with Crippen LogP contribution < -0.4 is 0 Å². The zero-order valence-electron chi connectivity index (χ0n) is 22.2. The van der Waals surface area contributed by atoms with Crippen LogP contribution in [0.25, 0.3) is 0 Å². The van der Waals surface area contributed by atoms with Gasteiger partial charge in [-0.25, -0.2) is 4.79 Å². The Hall–Kier alpha value is -2.28. The first-order chi connectivity index (χ1) is 16.8. The second-order valence-corrected chi connectivity index (χ2v) is 9.32. The zero-order chi connectivity index (χ0) is 25.9. The van der Waals surface area contributed by atoms with Crippen molar-refractivity contribution in [3.05, 3.63) is 36.1 Å². The monoisotopic (exact) mass is 527 g/mol. The second-order valence-electron chi connectivity index (χ2n) is 9.32. The summed E-state index contributed by atoms with van der Waals surface area (Å²) < 4.78 is 10.3. The van der Waals surface area contributed by atoms with Gasteiger partial charge in [0.2, 0.25) is 0 Å². The molecule has 36 heavy (non-hydrogen) atoms. The smallest absolute Gasteiger partial charge is 0.333 e. The van der Waals surface area contributed by atoms with Crippen LogP contribution in [-0.4, -0.2) is 54.2 Å². The van der Waals surface area contributed by atoms with E-state index in [0.29, 0.717) is 0 Å². The Morgan fingerprint density at radius 1 is 1.03 bits per heavy atom. The van der Waals surface area contributed by atoms with E-state index in [9.17, 15) is 19.5 Å². The van der Waals surface area contributed by atoms with Crippen LogP contribution in [0, 0.1) is 5.92 Å². The van der Waals surface area contributed by atoms with Gasteiger partial charge in [0, 0.05) is 18.7 Å². The average molecular weight is 528 g/mol. The number of unbranched alkanes of at least 4 members (excludes halogenated alkanes) is 9. The lowest BCUT2D eigenvalue weighted by atomic mass is 10.0. The molecule has 1 aliphatic heterocycles. The molecule has 1 aliphatic rings. The summed E-state index contributed by atoms with van der Waals surface area (Å²) >= 11 is 0. The molecule has 0 saturated carbocycles. The molecule has 1 rings (SSSR count). The first-order valence-electron chi connectivity index (χ1n) is 13.2. The van der Waals surface area contributed by atoms with E-state index in [2.05, 4.69) is 24.5 Å². The molecule has 0 amide bonds. The van der Waals surface area contributed by atoms with Gasteiger partial charge in [-0.1, -0.05) is 83.4 Å². The number of hydrogen-bond acceptors (Lipinski definition) is 6. The Balaban J connectivity index is 0.0000122. The van der Waals surface area contributed by atoms with Crippen molar-refractivity contribution in [2.45, 2.75) is 90.9 Å². The number of rotatable bonds is 20. The summed E-state index contributed by atoms with van der Waals surface area (Å²) in [4.78, 5) is 37.4. The van der Waals surface area contributed by atoms with Crippen LogP contribution in [0.3, 0.4) is 0 Å². The summed E-state index contributed by atoms with van der Waals surface area (Å²) in [5, 5.41) is 9.38. The van der Waals surface area contributed by atoms with Gasteiger partial charge in [-0.05, 0) is 25.8 Å². The van der Waals surface area contributed by atoms with Crippen molar-refractivity contribution in [3.63, 3.8) is 0 Å². The fraction of sp³-hybridized carbons (Fsp3) is 0.679. The number of ether oxygens (including phenoxy) is 2. The Morgan fingerprint density at radius 2 is 1.64 bits per heavy atom. The molecule has 0 aromatic heterocycles. The number of aliphatic carboxylic acids is 1. The van der Waals surface area contributed by atoms with Crippen LogP contribution >= 0.6 is 12.4 Å². The summed E-state index contributed by atoms with van der Waals surface area (Å²) in [5.74, 6) is -3.23. The van der Waals surface area contributed by atoms with Crippen molar-refractivity contribution >= 4 is 30.3 Å². The number of carbonyl (C=O) groups is 3. The normalized spacial score (nSPS) is 13.4. The Morgan fingerprint density at radius 3 is 2.22 bits per heavy atom. The predicted molar refractivity (Wildman–Crippen MR) is 145 cm³/mol. The van der Waals surface area contributed by atoms with Crippen molar-refractivity contribution in [1.82, 2.24) is 4.90 Å². The molecule has 1 N–H and O–H groups in total. The number of nitrogens with zero attached hydrogens (tertiary/aromatic N) is 1. The van der Waals surface area contributed by atoms with E-state index < -0.39 is 23.8 Å². The van der Waals surface area contributed by atoms with Crippen LogP contribution in [0.4, 0.5) is 0 Å². The van der Waals surface area contributed by atoms with Gasteiger partial charge in [-0.15, -0.1) is 12.4 Å². The van der Waals surface area contributed by atoms with Gasteiger partial charge in [-0.3, -0.25) is 9.59 Å². The number of hydrogen-bond donors (Lipinski definition) is 1. The molecule has 0 bridgehead atoms. The summed E-state index contributed by atoms with van der Waals surface area (Å²) in [5.41, 5.74) is 1.17. The minimum absolute atomic E-state index is 0. The third-order valence-electron chi connectivity index (χ3n) is 6.13. The molecule has 7 nitrogen and oxygen atoms in total. The lowest BCUT2D eigenvalue weighted by molar-refractivity contribution is -0.152. The van der Waals surface area contributed by atoms with Crippen LogP contribution in [0.15, 0.2) is 36.1 Å². The zero-order valence-corrected chi connectivity index (χ0v) is 23.0. The van der Waals surface area contributed by atoms with Gasteiger partial charge in [0.25, 0.3) is 0 Å². The standard InChI is InChI=1S/C28H45NO6.ClH/c1-4-5-6-7-8-9-10-11-12-14-18-29-19-15-13-16-25(29)22-35-26(30)21-24(27(31)32)17-20-34-28(33)23(2)3;/h13,15-16,24H,2,4-12,14,17-22H2,1,3H3,(H,31,32);1H. The molecule has 0 fully saturated rings. The molecular formula is C28H46ClNO6. The fourth-order valence-electron chi connectivity index (χ4n) is 3.90. The van der Waals surface area contributed by atoms with Crippen LogP contribution in [0.2, 0.25) is 0 Å². The summed E-state index contributed by atoms with van der Waals surface area (Å²) in [7, 11) is 0. The Kier molecular flexibility index (Phi) is 19.5. The van der Waals surface area contributed by atoms with E-state index in [-0.39, 0.29) is 44.0 Å². The van der Waals surface area contributed by atoms with E-state index in [4.69, 9.17) is 9.47 Å². The number of carboxylic acids is 1. The number of esters is 2.